The molecule has 0 saturated carbocycles. The van der Waals surface area contributed by atoms with Crippen molar-refractivity contribution in [1.29, 1.82) is 0 Å². The Balaban J connectivity index is 3.08. The van der Waals surface area contributed by atoms with Crippen molar-refractivity contribution in [3.63, 3.8) is 0 Å². The second-order valence-electron chi connectivity index (χ2n) is 7.94. The molecule has 204 valence electrons. The Morgan fingerprint density at radius 2 is 1.43 bits per heavy atom. The molecule has 0 bridgehead atoms. The topological polar surface area (TPSA) is 297 Å². The van der Waals surface area contributed by atoms with Gasteiger partial charge in [0.25, 0.3) is 0 Å². The fraction of sp³-hybridized carbons (Fsp3) is 0.500. The van der Waals surface area contributed by atoms with Crippen LogP contribution in [-0.4, -0.2) is 91.0 Å². The van der Waals surface area contributed by atoms with Crippen molar-refractivity contribution in [1.82, 2.24) is 25.9 Å². The molecule has 11 N–H and O–H groups in total. The maximum Gasteiger partial charge on any atom is 0.326 e. The standard InChI is InChI=1S/C20H29N7O10/c21-10(1-4-15(29)30)17(33)26-12(5-9-7-23-8-24-9)19(35)25-11(2-3-14(22)28)18(34)27-13(20(36)37)6-16(31)32/h7-8,10-13H,1-6,21H2,(H2,22,28)(H,23,24)(H,25,35)(H,26,33)(H,27,34)(H,29,30)(H,31,32)(H,36,37). The summed E-state index contributed by atoms with van der Waals surface area (Å²) in [5.41, 5.74) is 11.2. The lowest BCUT2D eigenvalue weighted by atomic mass is 10.1. The molecule has 17 heteroatoms. The van der Waals surface area contributed by atoms with Gasteiger partial charge in [-0.3, -0.25) is 28.8 Å². The number of imidazole rings is 1. The number of carbonyl (C=O) groups excluding carboxylic acids is 4. The molecule has 1 rings (SSSR count). The molecular weight excluding hydrogens is 498 g/mol. The molecule has 1 aromatic rings. The molecule has 1 aromatic heterocycles. The van der Waals surface area contributed by atoms with Gasteiger partial charge in [0.15, 0.2) is 0 Å². The lowest BCUT2D eigenvalue weighted by molar-refractivity contribution is -0.147. The molecule has 0 spiro atoms. The first-order valence-corrected chi connectivity index (χ1v) is 10.9. The van der Waals surface area contributed by atoms with Crippen molar-refractivity contribution >= 4 is 41.5 Å². The van der Waals surface area contributed by atoms with Crippen molar-refractivity contribution < 1.29 is 48.9 Å². The summed E-state index contributed by atoms with van der Waals surface area (Å²) in [6, 6.07) is -5.99. The van der Waals surface area contributed by atoms with Crippen LogP contribution in [0.5, 0.6) is 0 Å². The van der Waals surface area contributed by atoms with Crippen molar-refractivity contribution in [2.24, 2.45) is 11.5 Å². The molecule has 0 fully saturated rings. The summed E-state index contributed by atoms with van der Waals surface area (Å²) in [5.74, 6) is -8.06. The summed E-state index contributed by atoms with van der Waals surface area (Å²) in [5, 5.41) is 33.4. The maximum atomic E-state index is 13.0. The summed E-state index contributed by atoms with van der Waals surface area (Å²) in [4.78, 5) is 88.9. The van der Waals surface area contributed by atoms with Crippen molar-refractivity contribution in [2.45, 2.75) is 62.7 Å². The third-order valence-corrected chi connectivity index (χ3v) is 4.92. The lowest BCUT2D eigenvalue weighted by Gasteiger charge is -2.24. The number of amides is 4. The van der Waals surface area contributed by atoms with Gasteiger partial charge in [-0.25, -0.2) is 9.78 Å². The van der Waals surface area contributed by atoms with Crippen LogP contribution < -0.4 is 27.4 Å². The fourth-order valence-corrected chi connectivity index (χ4v) is 2.99. The number of hydrogen-bond acceptors (Lipinski definition) is 9. The van der Waals surface area contributed by atoms with E-state index in [9.17, 15) is 33.6 Å². The van der Waals surface area contributed by atoms with Crippen LogP contribution in [0.2, 0.25) is 0 Å². The van der Waals surface area contributed by atoms with Gasteiger partial charge < -0.3 is 47.7 Å². The van der Waals surface area contributed by atoms with Crippen LogP contribution in [0, 0.1) is 0 Å². The summed E-state index contributed by atoms with van der Waals surface area (Å²) in [6.07, 6.45) is 0.168. The monoisotopic (exact) mass is 527 g/mol. The Hall–Kier alpha value is -4.54. The Labute approximate surface area is 209 Å². The minimum absolute atomic E-state index is 0.163. The van der Waals surface area contributed by atoms with E-state index in [1.807, 2.05) is 5.32 Å². The van der Waals surface area contributed by atoms with Gasteiger partial charge in [0.05, 0.1) is 18.8 Å². The Kier molecular flexibility index (Phi) is 12.2. The van der Waals surface area contributed by atoms with E-state index >= 15 is 0 Å². The number of carboxylic acid groups (broad SMARTS) is 3. The Morgan fingerprint density at radius 1 is 0.838 bits per heavy atom. The van der Waals surface area contributed by atoms with Crippen LogP contribution in [-0.2, 0) is 40.0 Å². The number of aromatic amines is 1. The second-order valence-corrected chi connectivity index (χ2v) is 7.94. The molecule has 37 heavy (non-hydrogen) atoms. The zero-order chi connectivity index (χ0) is 28.1. The zero-order valence-corrected chi connectivity index (χ0v) is 19.5. The molecule has 4 unspecified atom stereocenters. The first-order chi connectivity index (χ1) is 17.3. The first kappa shape index (κ1) is 30.5. The molecule has 0 aliphatic carbocycles. The predicted octanol–water partition coefficient (Wildman–Crippen LogP) is -3.58. The zero-order valence-electron chi connectivity index (χ0n) is 19.5. The highest BCUT2D eigenvalue weighted by molar-refractivity contribution is 5.95. The predicted molar refractivity (Wildman–Crippen MR) is 121 cm³/mol. The van der Waals surface area contributed by atoms with Gasteiger partial charge in [0.2, 0.25) is 23.6 Å². The number of aliphatic carboxylic acids is 3. The van der Waals surface area contributed by atoms with Gasteiger partial charge in [0, 0.05) is 31.2 Å². The van der Waals surface area contributed by atoms with Crippen LogP contribution in [0.15, 0.2) is 12.5 Å². The van der Waals surface area contributed by atoms with E-state index in [1.54, 1.807) is 0 Å². The van der Waals surface area contributed by atoms with Gasteiger partial charge in [-0.2, -0.15) is 0 Å². The van der Waals surface area contributed by atoms with E-state index in [1.165, 1.54) is 12.5 Å². The Bertz CT molecular complexity index is 998. The van der Waals surface area contributed by atoms with Gasteiger partial charge in [-0.15, -0.1) is 0 Å². The normalized spacial score (nSPS) is 13.9. The molecular formula is C20H29N7O10. The SMILES string of the molecule is NC(=O)CCC(NC(=O)C(Cc1cnc[nH]1)NC(=O)C(N)CCC(=O)O)C(=O)NC(CC(=O)O)C(=O)O. The van der Waals surface area contributed by atoms with Crippen LogP contribution in [0.1, 0.15) is 37.8 Å². The number of carbonyl (C=O) groups is 7. The van der Waals surface area contributed by atoms with Crippen molar-refractivity contribution in [3.05, 3.63) is 18.2 Å². The number of aromatic nitrogens is 2. The number of hydrogen-bond donors (Lipinski definition) is 9. The number of carboxylic acids is 3. The van der Waals surface area contributed by atoms with Crippen LogP contribution in [0.4, 0.5) is 0 Å². The Morgan fingerprint density at radius 3 is 1.95 bits per heavy atom. The molecule has 0 saturated heterocycles. The van der Waals surface area contributed by atoms with E-state index in [0.29, 0.717) is 5.69 Å². The largest absolute Gasteiger partial charge is 0.481 e. The quantitative estimate of drug-likeness (QED) is 0.0950. The lowest BCUT2D eigenvalue weighted by Crippen LogP contribution is -2.57. The number of rotatable bonds is 17. The van der Waals surface area contributed by atoms with Crippen LogP contribution >= 0.6 is 0 Å². The molecule has 4 amide bonds. The summed E-state index contributed by atoms with van der Waals surface area (Å²) >= 11 is 0. The molecule has 4 atom stereocenters. The summed E-state index contributed by atoms with van der Waals surface area (Å²) in [7, 11) is 0. The number of nitrogens with zero attached hydrogens (tertiary/aromatic N) is 1. The molecule has 0 aliphatic rings. The maximum absolute atomic E-state index is 13.0. The number of nitrogens with two attached hydrogens (primary N) is 2. The number of nitrogens with one attached hydrogen (secondary N) is 4. The molecule has 17 nitrogen and oxygen atoms in total. The molecule has 0 aliphatic heterocycles. The fourth-order valence-electron chi connectivity index (χ4n) is 2.99. The van der Waals surface area contributed by atoms with Crippen molar-refractivity contribution in [3.8, 4) is 0 Å². The van der Waals surface area contributed by atoms with Crippen LogP contribution in [0.25, 0.3) is 0 Å². The number of primary amides is 1. The smallest absolute Gasteiger partial charge is 0.326 e. The van der Waals surface area contributed by atoms with E-state index < -0.39 is 85.0 Å². The summed E-state index contributed by atoms with van der Waals surface area (Å²) in [6.45, 7) is 0. The van der Waals surface area contributed by atoms with Gasteiger partial charge in [0.1, 0.15) is 18.1 Å². The molecule has 1 heterocycles. The van der Waals surface area contributed by atoms with Crippen LogP contribution in [0.3, 0.4) is 0 Å². The highest BCUT2D eigenvalue weighted by atomic mass is 16.4. The third-order valence-electron chi connectivity index (χ3n) is 4.92. The van der Waals surface area contributed by atoms with Gasteiger partial charge in [-0.05, 0) is 12.8 Å². The van der Waals surface area contributed by atoms with E-state index in [4.69, 9.17) is 26.8 Å². The minimum atomic E-state index is -1.83. The van der Waals surface area contributed by atoms with E-state index in [2.05, 4.69) is 20.6 Å². The van der Waals surface area contributed by atoms with Gasteiger partial charge >= 0.3 is 17.9 Å². The average Bonchev–Trinajstić information content (AvgIpc) is 3.31. The van der Waals surface area contributed by atoms with E-state index in [-0.39, 0.29) is 19.3 Å². The van der Waals surface area contributed by atoms with Crippen molar-refractivity contribution in [2.75, 3.05) is 0 Å². The first-order valence-electron chi connectivity index (χ1n) is 10.9. The molecule has 0 radical (unpaired) electrons. The van der Waals surface area contributed by atoms with Gasteiger partial charge in [-0.1, -0.05) is 0 Å². The molecule has 0 aromatic carbocycles. The third kappa shape index (κ3) is 11.6. The van der Waals surface area contributed by atoms with E-state index in [0.717, 1.165) is 0 Å². The summed E-state index contributed by atoms with van der Waals surface area (Å²) < 4.78 is 0. The minimum Gasteiger partial charge on any atom is -0.481 e. The highest BCUT2D eigenvalue weighted by Gasteiger charge is 2.31. The second kappa shape index (κ2) is 14.8. The number of H-pyrrole nitrogens is 1. The average molecular weight is 527 g/mol. The highest BCUT2D eigenvalue weighted by Crippen LogP contribution is 2.05.